The van der Waals surface area contributed by atoms with E-state index in [9.17, 15) is 4.79 Å². The Kier molecular flexibility index (Phi) is 41.0. The van der Waals surface area contributed by atoms with Crippen molar-refractivity contribution in [2.75, 3.05) is 19.8 Å². The molecule has 0 saturated heterocycles. The Morgan fingerprint density at radius 1 is 0.340 bits per heavy atom. The van der Waals surface area contributed by atoms with Gasteiger partial charge in [-0.2, -0.15) is 0 Å². The van der Waals surface area contributed by atoms with Crippen LogP contribution in [0.15, 0.2) is 0 Å². The quantitative estimate of drug-likeness (QED) is 0.0500. The van der Waals surface area contributed by atoms with Gasteiger partial charge in [0.2, 0.25) is 0 Å². The highest BCUT2D eigenvalue weighted by Crippen LogP contribution is 2.21. The molecule has 300 valence electrons. The minimum absolute atomic E-state index is 0.343. The molecule has 0 heterocycles. The van der Waals surface area contributed by atoms with Gasteiger partial charge in [-0.3, -0.25) is 4.79 Å². The van der Waals surface area contributed by atoms with Crippen LogP contribution in [0.2, 0.25) is 6.04 Å². The lowest BCUT2D eigenvalue weighted by molar-refractivity contribution is -0.137. The second-order valence-electron chi connectivity index (χ2n) is 15.3. The van der Waals surface area contributed by atoms with E-state index in [0.717, 1.165) is 18.9 Å². The highest BCUT2D eigenvalue weighted by atomic mass is 28.4. The summed E-state index contributed by atoms with van der Waals surface area (Å²) in [5.41, 5.74) is 0. The number of aliphatic carboxylic acids is 1. The molecule has 0 unspecified atom stereocenters. The monoisotopic (exact) mass is 727 g/mol. The van der Waals surface area contributed by atoms with Gasteiger partial charge in [-0.15, -0.1) is 0 Å². The van der Waals surface area contributed by atoms with Gasteiger partial charge >= 0.3 is 14.8 Å². The number of rotatable bonds is 44. The summed E-state index contributed by atoms with van der Waals surface area (Å²) in [4.78, 5) is 10.5. The molecule has 6 heteroatoms. The van der Waals surface area contributed by atoms with E-state index in [1.807, 2.05) is 20.8 Å². The molecule has 0 aromatic carbocycles. The van der Waals surface area contributed by atoms with Crippen molar-refractivity contribution in [1.29, 1.82) is 0 Å². The number of carbonyl (C=O) groups is 1. The van der Waals surface area contributed by atoms with Gasteiger partial charge in [0.1, 0.15) is 0 Å². The first-order valence-corrected chi connectivity index (χ1v) is 24.7. The van der Waals surface area contributed by atoms with Gasteiger partial charge in [-0.25, -0.2) is 0 Å². The fraction of sp³-hybridized carbons (Fsp3) is 0.977. The molecule has 0 aromatic heterocycles. The molecule has 0 atom stereocenters. The largest absolute Gasteiger partial charge is 0.500 e. The third-order valence-corrected chi connectivity index (χ3v) is 13.6. The van der Waals surface area contributed by atoms with Crippen molar-refractivity contribution in [3.05, 3.63) is 0 Å². The molecule has 1 N–H and O–H groups in total. The summed E-state index contributed by atoms with van der Waals surface area (Å²) in [6.45, 7) is 8.17. The molecule has 0 fully saturated rings. The van der Waals surface area contributed by atoms with Crippen LogP contribution >= 0.6 is 0 Å². The van der Waals surface area contributed by atoms with E-state index in [4.69, 9.17) is 18.4 Å². The molecule has 50 heavy (non-hydrogen) atoms. The van der Waals surface area contributed by atoms with Gasteiger partial charge in [0.25, 0.3) is 0 Å². The van der Waals surface area contributed by atoms with Crippen LogP contribution in [-0.2, 0) is 18.1 Å². The zero-order valence-corrected chi connectivity index (χ0v) is 35.4. The number of carboxylic acids is 1. The molecule has 0 aliphatic rings. The van der Waals surface area contributed by atoms with Gasteiger partial charge in [-0.1, -0.05) is 212 Å². The first-order chi connectivity index (χ1) is 24.6. The molecule has 0 aromatic rings. The van der Waals surface area contributed by atoms with Gasteiger partial charge in [-0.05, 0) is 33.6 Å². The van der Waals surface area contributed by atoms with E-state index in [0.29, 0.717) is 26.2 Å². The smallest absolute Gasteiger partial charge is 0.481 e. The van der Waals surface area contributed by atoms with Gasteiger partial charge < -0.3 is 18.4 Å². The number of carboxylic acid groups (broad SMARTS) is 1. The molecule has 0 radical (unpaired) electrons. The topological polar surface area (TPSA) is 65.0 Å². The lowest BCUT2D eigenvalue weighted by Gasteiger charge is -2.28. The second-order valence-corrected chi connectivity index (χ2v) is 18.0. The number of hydrogen-bond acceptors (Lipinski definition) is 4. The third-order valence-electron chi connectivity index (χ3n) is 10.5. The van der Waals surface area contributed by atoms with Gasteiger partial charge in [0.15, 0.2) is 0 Å². The molecule has 0 amide bonds. The number of unbranched alkanes of at least 4 members (excludes halogenated alkanes) is 34. The molecule has 0 spiro atoms. The fourth-order valence-electron chi connectivity index (χ4n) is 7.45. The van der Waals surface area contributed by atoms with E-state index in [-0.39, 0.29) is 0 Å². The fourth-order valence-corrected chi connectivity index (χ4v) is 10.1. The maximum Gasteiger partial charge on any atom is 0.500 e. The highest BCUT2D eigenvalue weighted by Gasteiger charge is 2.39. The summed E-state index contributed by atoms with van der Waals surface area (Å²) < 4.78 is 17.9. The minimum Gasteiger partial charge on any atom is -0.481 e. The zero-order chi connectivity index (χ0) is 36.5. The van der Waals surface area contributed by atoms with Crippen LogP contribution in [0.3, 0.4) is 0 Å². The average molecular weight is 727 g/mol. The van der Waals surface area contributed by atoms with E-state index in [1.54, 1.807) is 0 Å². The lowest BCUT2D eigenvalue weighted by atomic mass is 10.0. The summed E-state index contributed by atoms with van der Waals surface area (Å²) in [5, 5.41) is 8.66. The first-order valence-electron chi connectivity index (χ1n) is 22.7. The normalized spacial score (nSPS) is 11.9. The second kappa shape index (κ2) is 41.3. The Labute approximate surface area is 314 Å². The van der Waals surface area contributed by atoms with Crippen molar-refractivity contribution < 1.29 is 23.2 Å². The Balaban J connectivity index is 3.20. The van der Waals surface area contributed by atoms with Crippen molar-refractivity contribution in [2.24, 2.45) is 0 Å². The number of hydrogen-bond donors (Lipinski definition) is 1. The van der Waals surface area contributed by atoms with Crippen molar-refractivity contribution >= 4 is 14.8 Å². The Morgan fingerprint density at radius 2 is 0.520 bits per heavy atom. The maximum atomic E-state index is 10.5. The minimum atomic E-state index is -2.43. The van der Waals surface area contributed by atoms with Crippen LogP contribution in [0, 0.1) is 0 Å². The van der Waals surface area contributed by atoms with Crippen molar-refractivity contribution in [3.63, 3.8) is 0 Å². The predicted molar refractivity (Wildman–Crippen MR) is 219 cm³/mol. The van der Waals surface area contributed by atoms with Crippen LogP contribution in [0.25, 0.3) is 0 Å². The molecule has 0 aliphatic heterocycles. The van der Waals surface area contributed by atoms with Gasteiger partial charge in [0.05, 0.1) is 0 Å². The molecular formula is C44H90O5Si. The van der Waals surface area contributed by atoms with Crippen molar-refractivity contribution in [3.8, 4) is 0 Å². The maximum absolute atomic E-state index is 10.5. The van der Waals surface area contributed by atoms with Crippen LogP contribution in [-0.4, -0.2) is 39.7 Å². The predicted octanol–water partition coefficient (Wildman–Crippen LogP) is 15.2. The molecule has 0 bridgehead atoms. The van der Waals surface area contributed by atoms with E-state index in [2.05, 4.69) is 0 Å². The molecular weight excluding hydrogens is 637 g/mol. The van der Waals surface area contributed by atoms with Crippen LogP contribution < -0.4 is 0 Å². The van der Waals surface area contributed by atoms with Crippen LogP contribution in [0.5, 0.6) is 0 Å². The van der Waals surface area contributed by atoms with E-state index >= 15 is 0 Å². The Morgan fingerprint density at radius 3 is 0.700 bits per heavy atom. The lowest BCUT2D eigenvalue weighted by Crippen LogP contribution is -2.45. The van der Waals surface area contributed by atoms with E-state index < -0.39 is 14.8 Å². The summed E-state index contributed by atoms with van der Waals surface area (Å²) in [6.07, 6.45) is 48.7. The molecule has 0 saturated carbocycles. The first kappa shape index (κ1) is 49.6. The molecule has 0 rings (SSSR count). The molecule has 0 aliphatic carbocycles. The standard InChI is InChI=1S/C44H90O5Si/c1-4-47-50(48-5-2,49-6-3)43-41-39-37-35-33-31-29-27-25-23-21-19-17-15-13-11-9-7-8-10-12-14-16-18-20-22-24-26-28-30-32-34-36-38-40-42-44(45)46/h4-43H2,1-3H3,(H,45,46). The van der Waals surface area contributed by atoms with E-state index in [1.165, 1.54) is 212 Å². The van der Waals surface area contributed by atoms with Gasteiger partial charge in [0, 0.05) is 32.3 Å². The summed E-state index contributed by atoms with van der Waals surface area (Å²) in [7, 11) is -2.43. The molecule has 5 nitrogen and oxygen atoms in total. The van der Waals surface area contributed by atoms with Crippen LogP contribution in [0.1, 0.15) is 252 Å². The summed E-state index contributed by atoms with van der Waals surface area (Å²) >= 11 is 0. The SMILES string of the molecule is CCO[Si](CCCCCCCCCCCCCCCCCCCCCCCCCCCCCCCCCCCCCC(=O)O)(OCC)OCC. The van der Waals surface area contributed by atoms with Crippen molar-refractivity contribution in [1.82, 2.24) is 0 Å². The Bertz CT molecular complexity index is 643. The average Bonchev–Trinajstić information content (AvgIpc) is 3.10. The van der Waals surface area contributed by atoms with Crippen molar-refractivity contribution in [2.45, 2.75) is 258 Å². The summed E-state index contributed by atoms with van der Waals surface area (Å²) in [6, 6.07) is 0.968. The third kappa shape index (κ3) is 37.3. The zero-order valence-electron chi connectivity index (χ0n) is 34.4. The highest BCUT2D eigenvalue weighted by molar-refractivity contribution is 6.60. The Hall–Kier alpha value is -0.433. The van der Waals surface area contributed by atoms with Crippen LogP contribution in [0.4, 0.5) is 0 Å². The summed E-state index contributed by atoms with van der Waals surface area (Å²) in [5.74, 6) is -0.650.